The van der Waals surface area contributed by atoms with E-state index >= 15 is 0 Å². The van der Waals surface area contributed by atoms with E-state index in [1.54, 1.807) is 39.2 Å². The predicted octanol–water partition coefficient (Wildman–Crippen LogP) is 2.66. The number of nitrogens with zero attached hydrogens (tertiary/aromatic N) is 1. The first-order chi connectivity index (χ1) is 8.40. The van der Waals surface area contributed by atoms with Crippen molar-refractivity contribution in [2.24, 2.45) is 0 Å². The Morgan fingerprint density at radius 1 is 1.56 bits per heavy atom. The van der Waals surface area contributed by atoms with Crippen molar-refractivity contribution in [3.8, 4) is 11.8 Å². The number of carboxylic acids is 1. The van der Waals surface area contributed by atoms with E-state index in [2.05, 4.69) is 6.07 Å². The number of nitriles is 1. The van der Waals surface area contributed by atoms with Crippen LogP contribution in [0.4, 0.5) is 0 Å². The Hall–Kier alpha value is -1.67. The first kappa shape index (κ1) is 14.4. The lowest BCUT2D eigenvalue weighted by Crippen LogP contribution is -2.27. The standard InChI is InChI=1S/C13H15NO3S/c1-13(2,12(15)16)18-8-10-6-9(7-14)4-5-11(10)17-3/h4-6H,8H2,1-3H3,(H,15,16). The van der Waals surface area contributed by atoms with Crippen LogP contribution in [0.25, 0.3) is 0 Å². The monoisotopic (exact) mass is 265 g/mol. The molecule has 1 aromatic carbocycles. The number of hydrogen-bond acceptors (Lipinski definition) is 4. The maximum atomic E-state index is 11.0. The fourth-order valence-electron chi connectivity index (χ4n) is 1.28. The number of carboxylic acid groups (broad SMARTS) is 1. The van der Waals surface area contributed by atoms with Gasteiger partial charge in [0.1, 0.15) is 10.5 Å². The topological polar surface area (TPSA) is 70.3 Å². The summed E-state index contributed by atoms with van der Waals surface area (Å²) >= 11 is 1.30. The molecule has 96 valence electrons. The number of carbonyl (C=O) groups is 1. The molecule has 0 aromatic heterocycles. The van der Waals surface area contributed by atoms with Crippen LogP contribution in [0.15, 0.2) is 18.2 Å². The molecule has 0 amide bonds. The van der Waals surface area contributed by atoms with Gasteiger partial charge in [0.15, 0.2) is 0 Å². The summed E-state index contributed by atoms with van der Waals surface area (Å²) in [5, 5.41) is 17.9. The van der Waals surface area contributed by atoms with Crippen molar-refractivity contribution in [3.05, 3.63) is 29.3 Å². The SMILES string of the molecule is COc1ccc(C#N)cc1CSC(C)(C)C(=O)O. The Labute approximate surface area is 111 Å². The van der Waals surface area contributed by atoms with Gasteiger partial charge in [-0.25, -0.2) is 0 Å². The molecule has 5 heteroatoms. The van der Waals surface area contributed by atoms with Crippen molar-refractivity contribution in [1.82, 2.24) is 0 Å². The van der Waals surface area contributed by atoms with Gasteiger partial charge in [-0.05, 0) is 32.0 Å². The number of thioether (sulfide) groups is 1. The molecule has 0 saturated heterocycles. The summed E-state index contributed by atoms with van der Waals surface area (Å²) in [6, 6.07) is 7.18. The summed E-state index contributed by atoms with van der Waals surface area (Å²) in [6.07, 6.45) is 0. The molecule has 0 heterocycles. The summed E-state index contributed by atoms with van der Waals surface area (Å²) in [7, 11) is 1.55. The van der Waals surface area contributed by atoms with Crippen LogP contribution in [0.3, 0.4) is 0 Å². The minimum Gasteiger partial charge on any atom is -0.496 e. The molecule has 4 nitrogen and oxygen atoms in total. The fourth-order valence-corrected chi connectivity index (χ4v) is 2.15. The third-order valence-electron chi connectivity index (χ3n) is 2.51. The number of ether oxygens (including phenoxy) is 1. The van der Waals surface area contributed by atoms with E-state index in [9.17, 15) is 4.79 Å². The van der Waals surface area contributed by atoms with E-state index in [4.69, 9.17) is 15.1 Å². The van der Waals surface area contributed by atoms with Crippen molar-refractivity contribution in [1.29, 1.82) is 5.26 Å². The van der Waals surface area contributed by atoms with Gasteiger partial charge in [-0.15, -0.1) is 11.8 Å². The first-order valence-electron chi connectivity index (χ1n) is 5.35. The molecule has 1 N–H and O–H groups in total. The second kappa shape index (κ2) is 5.78. The molecule has 1 rings (SSSR count). The highest BCUT2D eigenvalue weighted by Crippen LogP contribution is 2.32. The maximum Gasteiger partial charge on any atom is 0.319 e. The van der Waals surface area contributed by atoms with Crippen LogP contribution in [-0.4, -0.2) is 22.9 Å². The van der Waals surface area contributed by atoms with Gasteiger partial charge in [-0.3, -0.25) is 4.79 Å². The van der Waals surface area contributed by atoms with E-state index in [1.807, 2.05) is 0 Å². The molecule has 0 unspecified atom stereocenters. The molecular weight excluding hydrogens is 250 g/mol. The Kier molecular flexibility index (Phi) is 4.62. The van der Waals surface area contributed by atoms with Gasteiger partial charge in [0.05, 0.1) is 18.7 Å². The smallest absolute Gasteiger partial charge is 0.319 e. The summed E-state index contributed by atoms with van der Waals surface area (Å²) in [6.45, 7) is 3.31. The normalized spacial score (nSPS) is 10.8. The number of hydrogen-bond donors (Lipinski definition) is 1. The molecule has 0 radical (unpaired) electrons. The largest absolute Gasteiger partial charge is 0.496 e. The summed E-state index contributed by atoms with van der Waals surface area (Å²) in [4.78, 5) is 11.0. The molecule has 0 aliphatic carbocycles. The Morgan fingerprint density at radius 2 is 2.22 bits per heavy atom. The van der Waals surface area contributed by atoms with Crippen LogP contribution in [0.1, 0.15) is 25.0 Å². The summed E-state index contributed by atoms with van der Waals surface area (Å²) in [5.41, 5.74) is 1.37. The van der Waals surface area contributed by atoms with Crippen LogP contribution in [0.5, 0.6) is 5.75 Å². The zero-order valence-electron chi connectivity index (χ0n) is 10.6. The third kappa shape index (κ3) is 3.41. The molecule has 1 aromatic rings. The van der Waals surface area contributed by atoms with Gasteiger partial charge in [-0.2, -0.15) is 5.26 Å². The Bertz CT molecular complexity index is 491. The highest BCUT2D eigenvalue weighted by atomic mass is 32.2. The van der Waals surface area contributed by atoms with Gasteiger partial charge >= 0.3 is 5.97 Å². The molecule has 0 spiro atoms. The van der Waals surface area contributed by atoms with Crippen LogP contribution in [-0.2, 0) is 10.5 Å². The van der Waals surface area contributed by atoms with Gasteiger partial charge in [0.2, 0.25) is 0 Å². The van der Waals surface area contributed by atoms with E-state index in [0.717, 1.165) is 5.56 Å². The lowest BCUT2D eigenvalue weighted by atomic mass is 10.1. The van der Waals surface area contributed by atoms with Gasteiger partial charge < -0.3 is 9.84 Å². The highest BCUT2D eigenvalue weighted by molar-refractivity contribution is 8.00. The molecule has 18 heavy (non-hydrogen) atoms. The predicted molar refractivity (Wildman–Crippen MR) is 70.7 cm³/mol. The number of benzene rings is 1. The quantitative estimate of drug-likeness (QED) is 0.886. The second-order valence-electron chi connectivity index (χ2n) is 4.24. The lowest BCUT2D eigenvalue weighted by molar-refractivity contribution is -0.138. The summed E-state index contributed by atoms with van der Waals surface area (Å²) in [5.74, 6) is 0.295. The zero-order chi connectivity index (χ0) is 13.8. The average molecular weight is 265 g/mol. The van der Waals surface area contributed by atoms with Gasteiger partial charge in [-0.1, -0.05) is 0 Å². The zero-order valence-corrected chi connectivity index (χ0v) is 11.4. The van der Waals surface area contributed by atoms with Crippen LogP contribution >= 0.6 is 11.8 Å². The van der Waals surface area contributed by atoms with Gasteiger partial charge in [0, 0.05) is 11.3 Å². The van der Waals surface area contributed by atoms with Gasteiger partial charge in [0.25, 0.3) is 0 Å². The third-order valence-corrected chi connectivity index (χ3v) is 3.86. The fraction of sp³-hybridized carbons (Fsp3) is 0.385. The molecule has 0 atom stereocenters. The Balaban J connectivity index is 2.90. The molecular formula is C13H15NO3S. The first-order valence-corrected chi connectivity index (χ1v) is 6.33. The van der Waals surface area contributed by atoms with Crippen LogP contribution in [0, 0.1) is 11.3 Å². The minimum atomic E-state index is -0.867. The van der Waals surface area contributed by atoms with Crippen LogP contribution < -0.4 is 4.74 Å². The second-order valence-corrected chi connectivity index (χ2v) is 5.84. The van der Waals surface area contributed by atoms with E-state index in [-0.39, 0.29) is 0 Å². The van der Waals surface area contributed by atoms with E-state index in [0.29, 0.717) is 17.1 Å². The van der Waals surface area contributed by atoms with Crippen molar-refractivity contribution < 1.29 is 14.6 Å². The highest BCUT2D eigenvalue weighted by Gasteiger charge is 2.27. The van der Waals surface area contributed by atoms with Crippen LogP contribution in [0.2, 0.25) is 0 Å². The Morgan fingerprint density at radius 3 is 2.72 bits per heavy atom. The number of aliphatic carboxylic acids is 1. The molecule has 0 bridgehead atoms. The van der Waals surface area contributed by atoms with E-state index < -0.39 is 10.7 Å². The summed E-state index contributed by atoms with van der Waals surface area (Å²) < 4.78 is 4.33. The van der Waals surface area contributed by atoms with Crippen molar-refractivity contribution >= 4 is 17.7 Å². The van der Waals surface area contributed by atoms with Crippen molar-refractivity contribution in [2.45, 2.75) is 24.3 Å². The molecule has 0 aliphatic heterocycles. The van der Waals surface area contributed by atoms with Crippen molar-refractivity contribution in [3.63, 3.8) is 0 Å². The van der Waals surface area contributed by atoms with E-state index in [1.165, 1.54) is 11.8 Å². The molecule has 0 aliphatic rings. The average Bonchev–Trinajstić information content (AvgIpc) is 2.35. The molecule has 0 fully saturated rings. The lowest BCUT2D eigenvalue weighted by Gasteiger charge is -2.19. The van der Waals surface area contributed by atoms with Crippen molar-refractivity contribution in [2.75, 3.05) is 7.11 Å². The molecule has 0 saturated carbocycles. The maximum absolute atomic E-state index is 11.0. The number of methoxy groups -OCH3 is 1. The number of rotatable bonds is 5. The minimum absolute atomic E-state index is 0.484.